The molecule has 2 fully saturated rings. The van der Waals surface area contributed by atoms with E-state index in [-0.39, 0.29) is 34.2 Å². The van der Waals surface area contributed by atoms with Crippen molar-refractivity contribution in [1.29, 1.82) is 0 Å². The average Bonchev–Trinajstić information content (AvgIpc) is 3.74. The van der Waals surface area contributed by atoms with Crippen LogP contribution in [0.4, 0.5) is 11.9 Å². The molecule has 31 heteroatoms. The molecule has 27 nitrogen and oxygen atoms in total. The highest BCUT2D eigenvalue weighted by atomic mass is 32.5. The van der Waals surface area contributed by atoms with E-state index in [1.165, 1.54) is 22.5 Å². The summed E-state index contributed by atoms with van der Waals surface area (Å²) in [6.07, 6.45) is -10.5. The summed E-state index contributed by atoms with van der Waals surface area (Å²) in [4.78, 5) is 71.3. The van der Waals surface area contributed by atoms with Gasteiger partial charge in [-0.1, -0.05) is 4.98 Å². The van der Waals surface area contributed by atoms with Gasteiger partial charge in [0.2, 0.25) is 17.7 Å². The van der Waals surface area contributed by atoms with Gasteiger partial charge in [-0.15, -0.1) is 0 Å². The second-order valence-electron chi connectivity index (χ2n) is 11.3. The minimum absolute atomic E-state index is 0.0243. The third-order valence-electron chi connectivity index (χ3n) is 7.68. The molecule has 0 saturated carbocycles. The number of aliphatic hydroxyl groups excluding tert-OH is 4. The predicted molar refractivity (Wildman–Crippen MR) is 171 cm³/mol. The van der Waals surface area contributed by atoms with Crippen LogP contribution < -0.4 is 27.2 Å². The number of aliphatic hydroxyl groups is 4. The Morgan fingerprint density at radius 3 is 2.23 bits per heavy atom. The number of hydrogen-bond acceptors (Lipinski definition) is 20. The fraction of sp³-hybridized carbons (Fsp3) is 0.524. The molecule has 0 spiro atoms. The van der Waals surface area contributed by atoms with Gasteiger partial charge in [0.25, 0.3) is 17.1 Å². The molecule has 0 aromatic carbocycles. The molecule has 2 aliphatic rings. The number of nitrogen functional groups attached to an aromatic ring is 2. The van der Waals surface area contributed by atoms with Gasteiger partial charge in [0.05, 0.1) is 26.6 Å². The summed E-state index contributed by atoms with van der Waals surface area (Å²) < 4.78 is 58.0. The molecule has 3 unspecified atom stereocenters. The smallest absolute Gasteiger partial charge is 0.387 e. The number of ether oxygens (including phenoxy) is 2. The van der Waals surface area contributed by atoms with Gasteiger partial charge in [-0.3, -0.25) is 33.2 Å². The van der Waals surface area contributed by atoms with Gasteiger partial charge in [-0.05, 0) is 11.8 Å². The van der Waals surface area contributed by atoms with Gasteiger partial charge in [0.15, 0.2) is 23.7 Å². The van der Waals surface area contributed by atoms with Crippen LogP contribution >= 0.6 is 22.4 Å². The van der Waals surface area contributed by atoms with Crippen LogP contribution in [-0.4, -0.2) is 119 Å². The van der Waals surface area contributed by atoms with Gasteiger partial charge in [0, 0.05) is 0 Å². The molecule has 11 atom stereocenters. The zero-order valence-corrected chi connectivity index (χ0v) is 29.5. The molecule has 52 heavy (non-hydrogen) atoms. The number of phosphoric ester groups is 1. The number of phosphoric acid groups is 2. The highest BCUT2D eigenvalue weighted by molar-refractivity contribution is 8.08. The van der Waals surface area contributed by atoms with Crippen molar-refractivity contribution in [2.24, 2.45) is 7.05 Å². The third-order valence-corrected chi connectivity index (χ3v) is 12.8. The first kappa shape index (κ1) is 38.6. The second kappa shape index (κ2) is 13.9. The van der Waals surface area contributed by atoms with E-state index in [9.17, 15) is 53.8 Å². The van der Waals surface area contributed by atoms with Gasteiger partial charge in [-0.25, -0.2) is 23.0 Å². The van der Waals surface area contributed by atoms with Gasteiger partial charge in [-0.2, -0.15) is 9.29 Å². The molecule has 4 aromatic heterocycles. The van der Waals surface area contributed by atoms with Crippen LogP contribution in [0.15, 0.2) is 22.2 Å². The fourth-order valence-corrected chi connectivity index (χ4v) is 9.90. The van der Waals surface area contributed by atoms with Crippen LogP contribution in [-0.2, 0) is 55.1 Å². The minimum Gasteiger partial charge on any atom is -0.387 e. The zero-order chi connectivity index (χ0) is 38.1. The number of rotatable bonds is 12. The average molecular weight is 820 g/mol. The molecule has 0 aliphatic carbocycles. The van der Waals surface area contributed by atoms with E-state index in [0.717, 1.165) is 10.9 Å². The van der Waals surface area contributed by atoms with E-state index in [1.54, 1.807) is 0 Å². The Hall–Kier alpha value is -3.11. The summed E-state index contributed by atoms with van der Waals surface area (Å²) in [5, 5.41) is 42.2. The molecular formula is C21H30N10O17P3S+. The molecular weight excluding hydrogens is 789 g/mol. The lowest BCUT2D eigenvalue weighted by Gasteiger charge is -2.22. The van der Waals surface area contributed by atoms with Crippen LogP contribution in [0.1, 0.15) is 12.5 Å². The molecule has 0 amide bonds. The highest BCUT2D eigenvalue weighted by Crippen LogP contribution is 2.68. The number of imidazole rings is 2. The molecule has 0 radical (unpaired) electrons. The largest absolute Gasteiger partial charge is 0.488 e. The normalized spacial score (nSPS) is 30.1. The Morgan fingerprint density at radius 1 is 0.904 bits per heavy atom. The Bertz CT molecular complexity index is 2280. The summed E-state index contributed by atoms with van der Waals surface area (Å²) in [7, 11) is -9.90. The molecule has 4 aromatic rings. The number of nitrogens with zero attached hydrogens (tertiary/aromatic N) is 6. The van der Waals surface area contributed by atoms with Crippen molar-refractivity contribution in [2.75, 3.05) is 24.7 Å². The number of fused-ring (bicyclic) bond motifs is 2. The van der Waals surface area contributed by atoms with Crippen LogP contribution in [0.25, 0.3) is 22.3 Å². The number of nitrogens with two attached hydrogens (primary N) is 2. The fourth-order valence-electron chi connectivity index (χ4n) is 5.44. The summed E-state index contributed by atoms with van der Waals surface area (Å²) in [6.45, 7) is -6.77. The van der Waals surface area contributed by atoms with Crippen molar-refractivity contribution in [3.05, 3.63) is 33.4 Å². The summed E-state index contributed by atoms with van der Waals surface area (Å²) in [5.41, 5.74) is 9.56. The SMILES string of the molecule is Cn1c[n+]([C@@H]2O[C@H](COP(O)(=S)OP(=O)(O)OP(=O)(O)OC[C@H]3O[C@@H](n4cnc5c(=O)[nH]c(N)nc54)[C@H](O)[C@@H]3O)[C@@H](O)[C@H]2O)c2nc(N)[nH]c(=O)c21. The van der Waals surface area contributed by atoms with Gasteiger partial charge >= 0.3 is 28.0 Å². The maximum absolute atomic E-state index is 12.5. The first-order chi connectivity index (χ1) is 24.2. The first-order valence-electron chi connectivity index (χ1n) is 14.4. The zero-order valence-electron chi connectivity index (χ0n) is 26.0. The summed E-state index contributed by atoms with van der Waals surface area (Å²) in [6, 6.07) is 0. The van der Waals surface area contributed by atoms with Crippen LogP contribution in [0.5, 0.6) is 0 Å². The van der Waals surface area contributed by atoms with Crippen LogP contribution in [0, 0.1) is 0 Å². The molecule has 6 heterocycles. The van der Waals surface area contributed by atoms with E-state index in [2.05, 4.69) is 49.9 Å². The third kappa shape index (κ3) is 7.61. The number of aromatic amines is 2. The van der Waals surface area contributed by atoms with Crippen molar-refractivity contribution in [3.8, 4) is 0 Å². The quantitative estimate of drug-likeness (QED) is 0.0474. The monoisotopic (exact) mass is 819 g/mol. The Labute approximate surface area is 292 Å². The lowest BCUT2D eigenvalue weighted by Crippen LogP contribution is -2.46. The number of anilines is 2. The number of aryl methyl sites for hydroxylation is 1. The summed E-state index contributed by atoms with van der Waals surface area (Å²) in [5.74, 6) is -0.547. The van der Waals surface area contributed by atoms with Crippen molar-refractivity contribution in [2.45, 2.75) is 49.1 Å². The first-order valence-corrected chi connectivity index (χ1v) is 20.0. The Kier molecular flexibility index (Phi) is 10.4. The maximum Gasteiger partial charge on any atom is 0.488 e. The Balaban J connectivity index is 1.05. The predicted octanol–water partition coefficient (Wildman–Crippen LogP) is -4.43. The van der Waals surface area contributed by atoms with E-state index in [0.29, 0.717) is 0 Å². The molecule has 2 saturated heterocycles. The number of hydrogen-bond donors (Lipinski definition) is 11. The van der Waals surface area contributed by atoms with E-state index < -0.39 is 95.8 Å². The van der Waals surface area contributed by atoms with Crippen LogP contribution in [0.3, 0.4) is 0 Å². The van der Waals surface area contributed by atoms with E-state index in [1.807, 2.05) is 0 Å². The second-order valence-corrected chi connectivity index (χ2v) is 17.3. The van der Waals surface area contributed by atoms with Crippen LogP contribution in [0.2, 0.25) is 0 Å². The lowest BCUT2D eigenvalue weighted by atomic mass is 10.1. The minimum atomic E-state index is -5.79. The lowest BCUT2D eigenvalue weighted by molar-refractivity contribution is -0.745. The number of aromatic nitrogens is 8. The molecule has 13 N–H and O–H groups in total. The topological polar surface area (TPSA) is 401 Å². The molecule has 286 valence electrons. The number of H-pyrrole nitrogens is 2. The van der Waals surface area contributed by atoms with Gasteiger partial charge < -0.3 is 60.6 Å². The number of nitrogens with one attached hydrogen (secondary N) is 2. The van der Waals surface area contributed by atoms with Crippen molar-refractivity contribution in [3.63, 3.8) is 0 Å². The standard InChI is InChI=1S/C21H29N10O17P3S/c1-29-5-31(15-9(29)17(37)28-21(23)26-15)19-13(35)11(33)7(46-19)3-44-51(42,52)48-50(40,41)47-49(38,39)43-2-6-10(32)12(34)18(45-6)30-4-24-8-14(30)25-20(22)27-16(8)36/h4-7,10-13,18-19,32-35H,2-3H2,1H3,(H8-,22,23,25,26,27,28,36,37,38,39,40,41,42,52)/p+1/t6-,7-,10-,11-,12-,13-,18-,19-,51?/m1/s1. The van der Waals surface area contributed by atoms with Crippen molar-refractivity contribution < 1.29 is 75.9 Å². The van der Waals surface area contributed by atoms with Crippen molar-refractivity contribution in [1.82, 2.24) is 34.1 Å². The molecule has 2 aliphatic heterocycles. The molecule has 0 bridgehead atoms. The molecule has 6 rings (SSSR count). The highest BCUT2D eigenvalue weighted by Gasteiger charge is 2.49. The Morgan fingerprint density at radius 2 is 1.52 bits per heavy atom. The maximum atomic E-state index is 12.5. The van der Waals surface area contributed by atoms with Gasteiger partial charge in [0.1, 0.15) is 36.6 Å². The summed E-state index contributed by atoms with van der Waals surface area (Å²) >= 11 is 4.69. The van der Waals surface area contributed by atoms with E-state index >= 15 is 0 Å². The van der Waals surface area contributed by atoms with Crippen molar-refractivity contribution >= 4 is 68.4 Å². The van der Waals surface area contributed by atoms with E-state index in [4.69, 9.17) is 25.5 Å².